The summed E-state index contributed by atoms with van der Waals surface area (Å²) in [6.45, 7) is 0. The fourth-order valence-electron chi connectivity index (χ4n) is 1.46. The van der Waals surface area contributed by atoms with Gasteiger partial charge in [0, 0.05) is 19.9 Å². The second-order valence-corrected chi connectivity index (χ2v) is 5.66. The lowest BCUT2D eigenvalue weighted by atomic mass is 10.4. The number of sulfone groups is 1. The Morgan fingerprint density at radius 3 is 2.64 bits per heavy atom. The van der Waals surface area contributed by atoms with Crippen molar-refractivity contribution in [1.82, 2.24) is 5.32 Å². The van der Waals surface area contributed by atoms with E-state index in [0.717, 1.165) is 0 Å². The van der Waals surface area contributed by atoms with Crippen molar-refractivity contribution < 1.29 is 18.0 Å². The SMILES string of the molecule is CNC(=O)CS(=O)(=O)C1CCC(=O)C1. The first-order valence-corrected chi connectivity index (χ1v) is 6.11. The van der Waals surface area contributed by atoms with E-state index in [9.17, 15) is 18.0 Å². The lowest BCUT2D eigenvalue weighted by Crippen LogP contribution is -2.32. The summed E-state index contributed by atoms with van der Waals surface area (Å²) >= 11 is 0. The molecule has 14 heavy (non-hydrogen) atoms. The second-order valence-electron chi connectivity index (χ2n) is 3.38. The molecule has 0 saturated heterocycles. The zero-order chi connectivity index (χ0) is 10.8. The van der Waals surface area contributed by atoms with Gasteiger partial charge in [0.25, 0.3) is 0 Å². The van der Waals surface area contributed by atoms with Crippen LogP contribution in [0.2, 0.25) is 0 Å². The van der Waals surface area contributed by atoms with Crippen LogP contribution in [0.5, 0.6) is 0 Å². The summed E-state index contributed by atoms with van der Waals surface area (Å²) in [7, 11) is -2.05. The third-order valence-electron chi connectivity index (χ3n) is 2.32. The van der Waals surface area contributed by atoms with Crippen LogP contribution in [0.15, 0.2) is 0 Å². The van der Waals surface area contributed by atoms with Crippen molar-refractivity contribution >= 4 is 21.5 Å². The summed E-state index contributed by atoms with van der Waals surface area (Å²) in [6, 6.07) is 0. The monoisotopic (exact) mass is 219 g/mol. The minimum atomic E-state index is -3.44. The van der Waals surface area contributed by atoms with Gasteiger partial charge in [-0.05, 0) is 6.42 Å². The Morgan fingerprint density at radius 2 is 2.21 bits per heavy atom. The average Bonchev–Trinajstić information content (AvgIpc) is 2.51. The Bertz CT molecular complexity index is 346. The molecule has 1 amide bonds. The van der Waals surface area contributed by atoms with Gasteiger partial charge in [0.15, 0.2) is 9.84 Å². The largest absolute Gasteiger partial charge is 0.358 e. The molecular formula is C8H13NO4S. The molecule has 1 fully saturated rings. The van der Waals surface area contributed by atoms with Crippen LogP contribution in [0.3, 0.4) is 0 Å². The first-order valence-electron chi connectivity index (χ1n) is 4.39. The highest BCUT2D eigenvalue weighted by atomic mass is 32.2. The summed E-state index contributed by atoms with van der Waals surface area (Å²) in [5.74, 6) is -1.07. The van der Waals surface area contributed by atoms with Gasteiger partial charge in [-0.25, -0.2) is 8.42 Å². The zero-order valence-electron chi connectivity index (χ0n) is 7.95. The van der Waals surface area contributed by atoms with Gasteiger partial charge in [-0.1, -0.05) is 0 Å². The molecule has 1 unspecified atom stereocenters. The number of ketones is 1. The van der Waals surface area contributed by atoms with E-state index >= 15 is 0 Å². The van der Waals surface area contributed by atoms with E-state index in [1.165, 1.54) is 7.05 Å². The number of rotatable bonds is 3. The van der Waals surface area contributed by atoms with Crippen LogP contribution in [-0.2, 0) is 19.4 Å². The Hall–Kier alpha value is -0.910. The molecule has 0 aromatic heterocycles. The molecule has 1 atom stereocenters. The quantitative estimate of drug-likeness (QED) is 0.678. The van der Waals surface area contributed by atoms with Crippen LogP contribution in [0, 0.1) is 0 Å². The fourth-order valence-corrected chi connectivity index (χ4v) is 3.12. The normalized spacial score (nSPS) is 22.4. The third-order valence-corrected chi connectivity index (χ3v) is 4.40. The van der Waals surface area contributed by atoms with E-state index < -0.39 is 26.7 Å². The number of hydrogen-bond donors (Lipinski definition) is 1. The predicted molar refractivity (Wildman–Crippen MR) is 50.5 cm³/mol. The molecule has 1 N–H and O–H groups in total. The van der Waals surface area contributed by atoms with Crippen LogP contribution in [0.4, 0.5) is 0 Å². The first-order chi connectivity index (χ1) is 6.45. The summed E-state index contributed by atoms with van der Waals surface area (Å²) in [5.41, 5.74) is 0. The van der Waals surface area contributed by atoms with Crippen molar-refractivity contribution in [2.45, 2.75) is 24.5 Å². The molecule has 1 aliphatic rings. The maximum atomic E-state index is 11.5. The molecule has 6 heteroatoms. The van der Waals surface area contributed by atoms with Crippen molar-refractivity contribution in [3.05, 3.63) is 0 Å². The van der Waals surface area contributed by atoms with E-state index in [1.807, 2.05) is 0 Å². The minimum Gasteiger partial charge on any atom is -0.358 e. The van der Waals surface area contributed by atoms with Gasteiger partial charge < -0.3 is 5.32 Å². The number of Topliss-reactive ketones (excluding diaryl/α,β-unsaturated/α-hetero) is 1. The van der Waals surface area contributed by atoms with Gasteiger partial charge in [0.05, 0.1) is 5.25 Å². The summed E-state index contributed by atoms with van der Waals surface area (Å²) in [4.78, 5) is 21.8. The van der Waals surface area contributed by atoms with Gasteiger partial charge in [-0.2, -0.15) is 0 Å². The van der Waals surface area contributed by atoms with Gasteiger partial charge in [0.2, 0.25) is 5.91 Å². The first kappa shape index (κ1) is 11.2. The molecule has 1 saturated carbocycles. The highest BCUT2D eigenvalue weighted by Gasteiger charge is 2.34. The topological polar surface area (TPSA) is 80.3 Å². The van der Waals surface area contributed by atoms with E-state index in [0.29, 0.717) is 12.8 Å². The van der Waals surface area contributed by atoms with Crippen LogP contribution < -0.4 is 5.32 Å². The van der Waals surface area contributed by atoms with Crippen molar-refractivity contribution in [3.8, 4) is 0 Å². The van der Waals surface area contributed by atoms with Crippen molar-refractivity contribution in [2.24, 2.45) is 0 Å². The molecule has 1 aliphatic carbocycles. The van der Waals surface area contributed by atoms with Gasteiger partial charge in [-0.3, -0.25) is 9.59 Å². The van der Waals surface area contributed by atoms with E-state index in [4.69, 9.17) is 0 Å². The lowest BCUT2D eigenvalue weighted by Gasteiger charge is -2.08. The number of amides is 1. The van der Waals surface area contributed by atoms with E-state index in [1.54, 1.807) is 0 Å². The summed E-state index contributed by atoms with van der Waals surface area (Å²) in [6.07, 6.45) is 0.745. The molecule has 0 aromatic carbocycles. The number of nitrogens with one attached hydrogen (secondary N) is 1. The minimum absolute atomic E-state index is 0.0320. The molecule has 0 aliphatic heterocycles. The molecule has 0 spiro atoms. The number of hydrogen-bond acceptors (Lipinski definition) is 4. The Kier molecular flexibility index (Phi) is 3.25. The Labute approximate surface area is 82.8 Å². The lowest BCUT2D eigenvalue weighted by molar-refractivity contribution is -0.118. The van der Waals surface area contributed by atoms with Crippen molar-refractivity contribution in [3.63, 3.8) is 0 Å². The molecule has 1 rings (SSSR count). The van der Waals surface area contributed by atoms with Crippen LogP contribution in [0.1, 0.15) is 19.3 Å². The second kappa shape index (κ2) is 4.08. The third kappa shape index (κ3) is 2.54. The van der Waals surface area contributed by atoms with E-state index in [2.05, 4.69) is 5.32 Å². The standard InChI is InChI=1S/C8H13NO4S/c1-9-8(11)5-14(12,13)7-3-2-6(10)4-7/h7H,2-5H2,1H3,(H,9,11). The number of carbonyl (C=O) groups excluding carboxylic acids is 2. The van der Waals surface area contributed by atoms with Crippen LogP contribution in [-0.4, -0.2) is 38.2 Å². The molecule has 0 aromatic rings. The molecule has 5 nitrogen and oxygen atoms in total. The van der Waals surface area contributed by atoms with E-state index in [-0.39, 0.29) is 12.2 Å². The molecular weight excluding hydrogens is 206 g/mol. The van der Waals surface area contributed by atoms with Gasteiger partial charge in [0.1, 0.15) is 11.5 Å². The van der Waals surface area contributed by atoms with Gasteiger partial charge in [-0.15, -0.1) is 0 Å². The molecule has 0 bridgehead atoms. The molecule has 0 radical (unpaired) electrons. The predicted octanol–water partition coefficient (Wildman–Crippen LogP) is -0.731. The van der Waals surface area contributed by atoms with Crippen molar-refractivity contribution in [2.75, 3.05) is 12.8 Å². The number of carbonyl (C=O) groups is 2. The van der Waals surface area contributed by atoms with Crippen LogP contribution >= 0.6 is 0 Å². The summed E-state index contributed by atoms with van der Waals surface area (Å²) in [5, 5.41) is 1.61. The maximum Gasteiger partial charge on any atom is 0.234 e. The molecule has 0 heterocycles. The Morgan fingerprint density at radius 1 is 1.57 bits per heavy atom. The zero-order valence-corrected chi connectivity index (χ0v) is 8.76. The highest BCUT2D eigenvalue weighted by molar-refractivity contribution is 7.92. The fraction of sp³-hybridized carbons (Fsp3) is 0.750. The summed E-state index contributed by atoms with van der Waals surface area (Å²) < 4.78 is 23.1. The smallest absolute Gasteiger partial charge is 0.234 e. The van der Waals surface area contributed by atoms with Crippen molar-refractivity contribution in [1.29, 1.82) is 0 Å². The van der Waals surface area contributed by atoms with Gasteiger partial charge >= 0.3 is 0 Å². The van der Waals surface area contributed by atoms with Crippen LogP contribution in [0.25, 0.3) is 0 Å². The Balaban J connectivity index is 2.66. The average molecular weight is 219 g/mol. The highest BCUT2D eigenvalue weighted by Crippen LogP contribution is 2.22. The molecule has 80 valence electrons. The maximum absolute atomic E-state index is 11.5.